The summed E-state index contributed by atoms with van der Waals surface area (Å²) in [5.74, 6) is 2.20. The fourth-order valence-corrected chi connectivity index (χ4v) is 4.30. The van der Waals surface area contributed by atoms with Gasteiger partial charge in [-0.15, -0.1) is 0 Å². The third kappa shape index (κ3) is 1.96. The van der Waals surface area contributed by atoms with Gasteiger partial charge in [-0.2, -0.15) is 0 Å². The molecule has 0 aliphatic heterocycles. The molecule has 0 aromatic heterocycles. The van der Waals surface area contributed by atoms with Gasteiger partial charge in [0.05, 0.1) is 13.2 Å². The second kappa shape index (κ2) is 4.80. The average molecular weight is 261 g/mol. The molecule has 0 saturated heterocycles. The lowest BCUT2D eigenvalue weighted by molar-refractivity contribution is -0.0130. The normalized spacial score (nSPS) is 34.5. The highest BCUT2D eigenvalue weighted by molar-refractivity contribution is 5.30. The highest BCUT2D eigenvalue weighted by Crippen LogP contribution is 2.60. The van der Waals surface area contributed by atoms with Crippen LogP contribution in [0.25, 0.3) is 0 Å². The Morgan fingerprint density at radius 1 is 1.37 bits per heavy atom. The summed E-state index contributed by atoms with van der Waals surface area (Å²) < 4.78 is 5.17. The number of rotatable bonds is 4. The number of nitrogens with two attached hydrogens (primary N) is 1. The second-order valence-corrected chi connectivity index (χ2v) is 6.19. The number of fused-ring (bicyclic) bond motifs is 2. The Kier molecular flexibility index (Phi) is 3.27. The lowest BCUT2D eigenvalue weighted by Crippen LogP contribution is -2.41. The molecule has 1 aromatic rings. The molecule has 0 spiro atoms. The molecule has 4 unspecified atom stereocenters. The molecule has 2 saturated carbocycles. The van der Waals surface area contributed by atoms with Crippen molar-refractivity contribution in [3.8, 4) is 5.75 Å². The van der Waals surface area contributed by atoms with Crippen LogP contribution in [-0.2, 0) is 0 Å². The van der Waals surface area contributed by atoms with Crippen molar-refractivity contribution in [3.63, 3.8) is 0 Å². The lowest BCUT2D eigenvalue weighted by atomic mass is 9.67. The van der Waals surface area contributed by atoms with Crippen LogP contribution < -0.4 is 10.5 Å². The molecule has 0 amide bonds. The Morgan fingerprint density at radius 3 is 2.58 bits per heavy atom. The summed E-state index contributed by atoms with van der Waals surface area (Å²) in [6.07, 6.45) is 4.45. The van der Waals surface area contributed by atoms with Crippen molar-refractivity contribution in [2.45, 2.75) is 31.8 Å². The van der Waals surface area contributed by atoms with E-state index in [-0.39, 0.29) is 5.41 Å². The Hall–Kier alpha value is -1.06. The number of aliphatic hydroxyl groups excluding tert-OH is 1. The molecule has 2 aliphatic carbocycles. The molecular weight excluding hydrogens is 238 g/mol. The van der Waals surface area contributed by atoms with Crippen LogP contribution in [-0.4, -0.2) is 18.8 Å². The van der Waals surface area contributed by atoms with Crippen molar-refractivity contribution in [3.05, 3.63) is 29.8 Å². The van der Waals surface area contributed by atoms with E-state index in [1.165, 1.54) is 19.3 Å². The average Bonchev–Trinajstić information content (AvgIpc) is 3.07. The molecule has 3 nitrogen and oxygen atoms in total. The third-order valence-corrected chi connectivity index (χ3v) is 5.38. The van der Waals surface area contributed by atoms with E-state index in [4.69, 9.17) is 10.5 Å². The summed E-state index contributed by atoms with van der Waals surface area (Å²) in [7, 11) is 1.66. The molecule has 3 N–H and O–H groups in total. The molecule has 2 bridgehead atoms. The maximum atomic E-state index is 10.8. The van der Waals surface area contributed by atoms with Crippen molar-refractivity contribution in [2.24, 2.45) is 23.0 Å². The van der Waals surface area contributed by atoms with Crippen LogP contribution >= 0.6 is 0 Å². The first-order valence-electron chi connectivity index (χ1n) is 7.21. The first-order valence-corrected chi connectivity index (χ1v) is 7.21. The van der Waals surface area contributed by atoms with E-state index in [2.05, 4.69) is 0 Å². The van der Waals surface area contributed by atoms with Crippen molar-refractivity contribution < 1.29 is 9.84 Å². The Balaban J connectivity index is 1.86. The maximum Gasteiger partial charge on any atom is 0.118 e. The smallest absolute Gasteiger partial charge is 0.118 e. The van der Waals surface area contributed by atoms with E-state index < -0.39 is 6.10 Å². The van der Waals surface area contributed by atoms with E-state index in [1.54, 1.807) is 7.11 Å². The van der Waals surface area contributed by atoms with Crippen LogP contribution in [0.2, 0.25) is 0 Å². The van der Waals surface area contributed by atoms with Gasteiger partial charge in [-0.3, -0.25) is 0 Å². The zero-order chi connectivity index (χ0) is 13.5. The molecule has 0 radical (unpaired) electrons. The number of hydrogen-bond acceptors (Lipinski definition) is 3. The van der Waals surface area contributed by atoms with Crippen LogP contribution in [0.1, 0.15) is 37.4 Å². The summed E-state index contributed by atoms with van der Waals surface area (Å²) >= 11 is 0. The monoisotopic (exact) mass is 261 g/mol. The predicted octanol–water partition coefficient (Wildman–Crippen LogP) is 2.49. The number of methoxy groups -OCH3 is 1. The number of aliphatic hydroxyl groups is 1. The molecule has 1 aromatic carbocycles. The molecule has 4 atom stereocenters. The van der Waals surface area contributed by atoms with Gasteiger partial charge in [0.15, 0.2) is 0 Å². The van der Waals surface area contributed by atoms with Gasteiger partial charge in [0, 0.05) is 12.0 Å². The molecule has 19 heavy (non-hydrogen) atoms. The van der Waals surface area contributed by atoms with Crippen molar-refractivity contribution in [2.75, 3.05) is 13.7 Å². The van der Waals surface area contributed by atoms with E-state index in [1.807, 2.05) is 24.3 Å². The van der Waals surface area contributed by atoms with Gasteiger partial charge < -0.3 is 15.6 Å². The molecule has 3 heteroatoms. The molecular formula is C16H23NO2. The molecule has 3 rings (SSSR count). The number of ether oxygens (including phenoxy) is 1. The minimum atomic E-state index is -0.446. The summed E-state index contributed by atoms with van der Waals surface area (Å²) in [5, 5.41) is 10.8. The Labute approximate surface area is 114 Å². The van der Waals surface area contributed by atoms with Gasteiger partial charge in [-0.1, -0.05) is 18.6 Å². The van der Waals surface area contributed by atoms with Crippen LogP contribution in [0.4, 0.5) is 0 Å². The van der Waals surface area contributed by atoms with Gasteiger partial charge in [0.2, 0.25) is 0 Å². The first kappa shape index (κ1) is 12.9. The van der Waals surface area contributed by atoms with Crippen LogP contribution in [0, 0.1) is 17.3 Å². The van der Waals surface area contributed by atoms with E-state index in [0.29, 0.717) is 12.5 Å². The highest BCUT2D eigenvalue weighted by atomic mass is 16.5. The minimum Gasteiger partial charge on any atom is -0.497 e. The van der Waals surface area contributed by atoms with E-state index >= 15 is 0 Å². The number of benzene rings is 1. The summed E-state index contributed by atoms with van der Waals surface area (Å²) in [6.45, 7) is 0.585. The van der Waals surface area contributed by atoms with Gasteiger partial charge in [-0.25, -0.2) is 0 Å². The molecule has 2 aliphatic rings. The summed E-state index contributed by atoms with van der Waals surface area (Å²) in [4.78, 5) is 0. The fraction of sp³-hybridized carbons (Fsp3) is 0.625. The van der Waals surface area contributed by atoms with Gasteiger partial charge in [-0.05, 0) is 48.8 Å². The fourth-order valence-electron chi connectivity index (χ4n) is 4.30. The summed E-state index contributed by atoms with van der Waals surface area (Å²) in [5.41, 5.74) is 6.94. The zero-order valence-electron chi connectivity index (χ0n) is 11.5. The maximum absolute atomic E-state index is 10.8. The molecule has 2 fully saturated rings. The lowest BCUT2D eigenvalue weighted by Gasteiger charge is -2.41. The van der Waals surface area contributed by atoms with Crippen LogP contribution in [0.3, 0.4) is 0 Å². The zero-order valence-corrected chi connectivity index (χ0v) is 11.5. The van der Waals surface area contributed by atoms with Gasteiger partial charge in [0.1, 0.15) is 5.75 Å². The first-order chi connectivity index (χ1) is 9.19. The van der Waals surface area contributed by atoms with Crippen molar-refractivity contribution in [1.82, 2.24) is 0 Å². The standard InChI is InChI=1S/C16H23NO2/c1-19-14-6-3-12(4-7-14)15(18)16(10-17)9-11-2-5-13(16)8-11/h3-4,6-7,11,13,15,18H,2,5,8-10,17H2,1H3. The topological polar surface area (TPSA) is 55.5 Å². The van der Waals surface area contributed by atoms with E-state index in [0.717, 1.165) is 23.7 Å². The van der Waals surface area contributed by atoms with Crippen LogP contribution in [0.5, 0.6) is 5.75 Å². The SMILES string of the molecule is COc1ccc(C(O)C2(CN)CC3CCC2C3)cc1. The highest BCUT2D eigenvalue weighted by Gasteiger charge is 2.54. The summed E-state index contributed by atoms with van der Waals surface area (Å²) in [6, 6.07) is 7.76. The van der Waals surface area contributed by atoms with Gasteiger partial charge >= 0.3 is 0 Å². The number of hydrogen-bond donors (Lipinski definition) is 2. The van der Waals surface area contributed by atoms with E-state index in [9.17, 15) is 5.11 Å². The minimum absolute atomic E-state index is 0.0997. The quantitative estimate of drug-likeness (QED) is 0.875. The van der Waals surface area contributed by atoms with Crippen molar-refractivity contribution in [1.29, 1.82) is 0 Å². The molecule has 0 heterocycles. The third-order valence-electron chi connectivity index (χ3n) is 5.38. The Bertz CT molecular complexity index is 445. The molecule has 104 valence electrons. The van der Waals surface area contributed by atoms with Gasteiger partial charge in [0.25, 0.3) is 0 Å². The second-order valence-electron chi connectivity index (χ2n) is 6.19. The Morgan fingerprint density at radius 2 is 2.11 bits per heavy atom. The predicted molar refractivity (Wildman–Crippen MR) is 74.9 cm³/mol. The largest absolute Gasteiger partial charge is 0.497 e. The van der Waals surface area contributed by atoms with Crippen LogP contribution in [0.15, 0.2) is 24.3 Å². The van der Waals surface area contributed by atoms with Crippen molar-refractivity contribution >= 4 is 0 Å².